The molecule has 0 saturated heterocycles. The van der Waals surface area contributed by atoms with Crippen molar-refractivity contribution in [2.45, 2.75) is 33.2 Å². The molecule has 1 aromatic heterocycles. The van der Waals surface area contributed by atoms with Crippen LogP contribution in [0.1, 0.15) is 32.3 Å². The summed E-state index contributed by atoms with van der Waals surface area (Å²) in [5.41, 5.74) is 0.127. The molecule has 0 amide bonds. The summed E-state index contributed by atoms with van der Waals surface area (Å²) >= 11 is 0. The Morgan fingerprint density at radius 2 is 1.94 bits per heavy atom. The molecule has 0 spiro atoms. The highest BCUT2D eigenvalue weighted by Gasteiger charge is 2.05. The molecule has 0 aromatic carbocycles. The molecule has 0 radical (unpaired) electrons. The zero-order valence-corrected chi connectivity index (χ0v) is 11.7. The molecule has 0 fully saturated rings. The third-order valence-electron chi connectivity index (χ3n) is 2.97. The van der Waals surface area contributed by atoms with Gasteiger partial charge in [0.05, 0.1) is 0 Å². The van der Waals surface area contributed by atoms with Gasteiger partial charge < -0.3 is 9.88 Å². The van der Waals surface area contributed by atoms with Gasteiger partial charge in [-0.25, -0.2) is 4.79 Å². The zero-order valence-electron chi connectivity index (χ0n) is 11.7. The average Bonchev–Trinajstić information content (AvgIpc) is 2.32. The first-order valence-electron chi connectivity index (χ1n) is 6.39. The molecule has 102 valence electrons. The second kappa shape index (κ2) is 6.54. The van der Waals surface area contributed by atoms with E-state index in [2.05, 4.69) is 19.2 Å². The van der Waals surface area contributed by atoms with E-state index in [0.717, 1.165) is 17.5 Å². The van der Waals surface area contributed by atoms with Crippen molar-refractivity contribution in [3.63, 3.8) is 0 Å². The molecule has 1 N–H and O–H groups in total. The molecule has 1 heterocycles. The Kier molecular flexibility index (Phi) is 5.34. The summed E-state index contributed by atoms with van der Waals surface area (Å²) in [6.07, 6.45) is 3.89. The Balaban J connectivity index is 2.59. The largest absolute Gasteiger partial charge is 0.330 e. The van der Waals surface area contributed by atoms with E-state index in [-0.39, 0.29) is 11.2 Å². The fourth-order valence-corrected chi connectivity index (χ4v) is 1.86. The monoisotopic (exact) mass is 253 g/mol. The Morgan fingerprint density at radius 3 is 2.56 bits per heavy atom. The van der Waals surface area contributed by atoms with Crippen molar-refractivity contribution >= 4 is 0 Å². The number of aryl methyl sites for hydroxylation is 1. The predicted octanol–water partition coefficient (Wildman–Crippen LogP) is 0.610. The summed E-state index contributed by atoms with van der Waals surface area (Å²) in [7, 11) is 3.16. The van der Waals surface area contributed by atoms with Gasteiger partial charge in [-0.2, -0.15) is 0 Å². The van der Waals surface area contributed by atoms with Gasteiger partial charge in [0.2, 0.25) is 0 Å². The maximum absolute atomic E-state index is 11.8. The molecule has 0 unspecified atom stereocenters. The van der Waals surface area contributed by atoms with Crippen LogP contribution in [0.2, 0.25) is 0 Å². The van der Waals surface area contributed by atoms with Gasteiger partial charge in [-0.05, 0) is 25.3 Å². The molecule has 0 bridgehead atoms. The number of hydrogen-bond acceptors (Lipinski definition) is 3. The lowest BCUT2D eigenvalue weighted by molar-refractivity contribution is 0.524. The van der Waals surface area contributed by atoms with E-state index in [4.69, 9.17) is 0 Å². The Morgan fingerprint density at radius 1 is 1.28 bits per heavy atom. The van der Waals surface area contributed by atoms with Crippen LogP contribution in [-0.4, -0.2) is 15.7 Å². The molecule has 5 heteroatoms. The van der Waals surface area contributed by atoms with Gasteiger partial charge in [0.25, 0.3) is 5.56 Å². The second-order valence-corrected chi connectivity index (χ2v) is 5.12. The van der Waals surface area contributed by atoms with Gasteiger partial charge in [0.1, 0.15) is 0 Å². The first-order chi connectivity index (χ1) is 8.43. The lowest BCUT2D eigenvalue weighted by atomic mass is 10.1. The van der Waals surface area contributed by atoms with E-state index >= 15 is 0 Å². The predicted molar refractivity (Wildman–Crippen MR) is 72.7 cm³/mol. The molecule has 18 heavy (non-hydrogen) atoms. The number of nitrogens with one attached hydrogen (secondary N) is 1. The fraction of sp³-hybridized carbons (Fsp3) is 0.692. The van der Waals surface area contributed by atoms with E-state index in [0.29, 0.717) is 18.0 Å². The first-order valence-corrected chi connectivity index (χ1v) is 6.39. The summed E-state index contributed by atoms with van der Waals surface area (Å²) in [4.78, 5) is 23.3. The highest BCUT2D eigenvalue weighted by atomic mass is 16.2. The summed E-state index contributed by atoms with van der Waals surface area (Å²) in [5, 5.41) is 3.24. The first kappa shape index (κ1) is 14.7. The smallest absolute Gasteiger partial charge is 0.312 e. The van der Waals surface area contributed by atoms with Crippen molar-refractivity contribution in [3.8, 4) is 0 Å². The van der Waals surface area contributed by atoms with Crippen LogP contribution in [0.3, 0.4) is 0 Å². The summed E-state index contributed by atoms with van der Waals surface area (Å²) in [5.74, 6) is 0.706. The third kappa shape index (κ3) is 3.84. The quantitative estimate of drug-likeness (QED) is 0.756. The van der Waals surface area contributed by atoms with Crippen LogP contribution in [0.4, 0.5) is 0 Å². The highest BCUT2D eigenvalue weighted by Crippen LogP contribution is 2.01. The molecular formula is C13H23N3O2. The van der Waals surface area contributed by atoms with Gasteiger partial charge >= 0.3 is 5.69 Å². The van der Waals surface area contributed by atoms with E-state index < -0.39 is 0 Å². The van der Waals surface area contributed by atoms with Crippen molar-refractivity contribution in [2.24, 2.45) is 20.0 Å². The molecule has 1 aromatic rings. The van der Waals surface area contributed by atoms with Crippen molar-refractivity contribution in [3.05, 3.63) is 32.6 Å². The summed E-state index contributed by atoms with van der Waals surface area (Å²) in [6.45, 7) is 5.80. The van der Waals surface area contributed by atoms with Crippen LogP contribution >= 0.6 is 0 Å². The standard InChI is InChI=1S/C13H23N3O2/c1-10(2)6-5-7-14-8-11-9-15(3)13(18)16(4)12(11)17/h9-10,14H,5-8H2,1-4H3. The van der Waals surface area contributed by atoms with Crippen LogP contribution in [0.25, 0.3) is 0 Å². The van der Waals surface area contributed by atoms with Crippen LogP contribution < -0.4 is 16.6 Å². The highest BCUT2D eigenvalue weighted by molar-refractivity contribution is 5.05. The van der Waals surface area contributed by atoms with Crippen LogP contribution in [0.15, 0.2) is 15.8 Å². The van der Waals surface area contributed by atoms with Crippen molar-refractivity contribution in [1.29, 1.82) is 0 Å². The molecule has 5 nitrogen and oxygen atoms in total. The maximum Gasteiger partial charge on any atom is 0.330 e. The third-order valence-corrected chi connectivity index (χ3v) is 2.97. The van der Waals surface area contributed by atoms with Gasteiger partial charge in [-0.3, -0.25) is 9.36 Å². The molecule has 0 aliphatic heterocycles. The Labute approximate surface area is 107 Å². The minimum atomic E-state index is -0.288. The fourth-order valence-electron chi connectivity index (χ4n) is 1.86. The van der Waals surface area contributed by atoms with E-state index in [1.54, 1.807) is 13.2 Å². The Bertz CT molecular complexity index is 500. The number of hydrogen-bond donors (Lipinski definition) is 1. The van der Waals surface area contributed by atoms with E-state index in [1.165, 1.54) is 18.0 Å². The van der Waals surface area contributed by atoms with Gasteiger partial charge in [0.15, 0.2) is 0 Å². The zero-order chi connectivity index (χ0) is 13.7. The van der Waals surface area contributed by atoms with E-state index in [1.807, 2.05) is 0 Å². The normalized spacial score (nSPS) is 11.2. The SMILES string of the molecule is CC(C)CCCNCc1cn(C)c(=O)n(C)c1=O. The summed E-state index contributed by atoms with van der Waals surface area (Å²) < 4.78 is 2.58. The molecule has 0 atom stereocenters. The molecule has 1 rings (SSSR count). The van der Waals surface area contributed by atoms with Crippen LogP contribution in [0, 0.1) is 5.92 Å². The number of aromatic nitrogens is 2. The molecular weight excluding hydrogens is 230 g/mol. The topological polar surface area (TPSA) is 56.0 Å². The Hall–Kier alpha value is -1.36. The average molecular weight is 253 g/mol. The molecule has 0 saturated carbocycles. The second-order valence-electron chi connectivity index (χ2n) is 5.12. The minimum absolute atomic E-state index is 0.213. The molecule has 0 aliphatic rings. The number of nitrogens with zero attached hydrogens (tertiary/aromatic N) is 2. The van der Waals surface area contributed by atoms with Crippen LogP contribution in [0.5, 0.6) is 0 Å². The van der Waals surface area contributed by atoms with Crippen molar-refractivity contribution in [2.75, 3.05) is 6.54 Å². The van der Waals surface area contributed by atoms with Gasteiger partial charge in [-0.1, -0.05) is 13.8 Å². The maximum atomic E-state index is 11.8. The van der Waals surface area contributed by atoms with Crippen molar-refractivity contribution < 1.29 is 0 Å². The lowest BCUT2D eigenvalue weighted by Crippen LogP contribution is -2.39. The minimum Gasteiger partial charge on any atom is -0.312 e. The number of rotatable bonds is 6. The summed E-state index contributed by atoms with van der Waals surface area (Å²) in [6, 6.07) is 0. The van der Waals surface area contributed by atoms with Gasteiger partial charge in [-0.15, -0.1) is 0 Å². The lowest BCUT2D eigenvalue weighted by Gasteiger charge is -2.08. The van der Waals surface area contributed by atoms with Gasteiger partial charge in [0, 0.05) is 32.4 Å². The van der Waals surface area contributed by atoms with Crippen LogP contribution in [-0.2, 0) is 20.6 Å². The van der Waals surface area contributed by atoms with E-state index in [9.17, 15) is 9.59 Å². The molecule has 0 aliphatic carbocycles. The van der Waals surface area contributed by atoms with Crippen molar-refractivity contribution in [1.82, 2.24) is 14.5 Å².